The molecule has 0 radical (unpaired) electrons. The molecule has 34 heavy (non-hydrogen) atoms. The van der Waals surface area contributed by atoms with Gasteiger partial charge in [0.1, 0.15) is 34.2 Å². The van der Waals surface area contributed by atoms with Crippen LogP contribution in [0.25, 0.3) is 33.4 Å². The zero-order valence-corrected chi connectivity index (χ0v) is 18.4. The number of rotatable bonds is 7. The highest BCUT2D eigenvalue weighted by molar-refractivity contribution is 6.12. The van der Waals surface area contributed by atoms with Gasteiger partial charge < -0.3 is 29.3 Å². The predicted molar refractivity (Wildman–Crippen MR) is 119 cm³/mol. The van der Waals surface area contributed by atoms with E-state index in [9.17, 15) is 14.0 Å². The van der Waals surface area contributed by atoms with Gasteiger partial charge in [0.15, 0.2) is 0 Å². The number of aliphatic hydroxyl groups is 1. The van der Waals surface area contributed by atoms with E-state index in [0.29, 0.717) is 45.7 Å². The molecule has 0 saturated carbocycles. The lowest BCUT2D eigenvalue weighted by Gasteiger charge is -2.12. The van der Waals surface area contributed by atoms with Crippen LogP contribution in [0.2, 0.25) is 0 Å². The monoisotopic (exact) mass is 468 g/mol. The van der Waals surface area contributed by atoms with E-state index in [1.165, 1.54) is 24.3 Å². The van der Waals surface area contributed by atoms with Gasteiger partial charge in [-0.1, -0.05) is 5.16 Å². The Hall–Kier alpha value is -4.18. The van der Waals surface area contributed by atoms with Crippen LogP contribution in [0.5, 0.6) is 5.75 Å². The van der Waals surface area contributed by atoms with Crippen molar-refractivity contribution in [2.45, 2.75) is 20.3 Å². The van der Waals surface area contributed by atoms with Gasteiger partial charge in [0.2, 0.25) is 0 Å². The number of benzene rings is 2. The molecule has 2 heterocycles. The number of furan rings is 1. The van der Waals surface area contributed by atoms with Crippen LogP contribution >= 0.6 is 0 Å². The van der Waals surface area contributed by atoms with Gasteiger partial charge in [-0.2, -0.15) is 0 Å². The maximum atomic E-state index is 13.5. The van der Waals surface area contributed by atoms with Crippen molar-refractivity contribution in [3.63, 3.8) is 0 Å². The van der Waals surface area contributed by atoms with Gasteiger partial charge in [-0.05, 0) is 50.2 Å². The summed E-state index contributed by atoms with van der Waals surface area (Å²) in [5.74, 6) is -0.519. The van der Waals surface area contributed by atoms with Crippen LogP contribution in [-0.4, -0.2) is 35.5 Å². The highest BCUT2D eigenvalue weighted by Gasteiger charge is 2.27. The lowest BCUT2D eigenvalue weighted by Crippen LogP contribution is -2.18. The molecule has 4 aromatic rings. The number of aliphatic hydroxyl groups excluding tert-OH is 1. The molecule has 3 N–H and O–H groups in total. The Balaban J connectivity index is 1.98. The molecule has 2 aromatic heterocycles. The summed E-state index contributed by atoms with van der Waals surface area (Å²) in [4.78, 5) is 24.1. The van der Waals surface area contributed by atoms with Crippen LogP contribution in [0.3, 0.4) is 0 Å². The van der Waals surface area contributed by atoms with Crippen molar-refractivity contribution < 1.29 is 37.5 Å². The van der Waals surface area contributed by atoms with E-state index in [4.69, 9.17) is 24.5 Å². The third-order valence-electron chi connectivity index (χ3n) is 5.16. The van der Waals surface area contributed by atoms with E-state index in [1.54, 1.807) is 26.0 Å². The summed E-state index contributed by atoms with van der Waals surface area (Å²) < 4.78 is 35.3. The van der Waals surface area contributed by atoms with E-state index in [0.717, 1.165) is 0 Å². The maximum Gasteiger partial charge on any atom is 0.412 e. The number of nitrogens with zero attached hydrogens (tertiary/aromatic N) is 1. The number of hydrogen-bond donors (Lipinski definition) is 2. The molecule has 4 rings (SSSR count). The number of nitrogens with two attached hydrogens (primary N) is 1. The molecular weight excluding hydrogens is 447 g/mol. The number of amides is 1. The standard InChI is InChI=1S/C24H21FN2O7/c1-12-20(13(2)34-27-12)16-11-19-17(10-18(16)31-9-3-8-28)21(23(29)33-24(26)30)22(32-19)14-4-6-15(25)7-5-14/h4-7,10-11,28H,3,8-9H2,1-2H3,(H2,26,30). The van der Waals surface area contributed by atoms with Crippen molar-refractivity contribution in [1.29, 1.82) is 0 Å². The van der Waals surface area contributed by atoms with E-state index < -0.39 is 17.9 Å². The van der Waals surface area contributed by atoms with E-state index in [-0.39, 0.29) is 30.1 Å². The number of halogens is 1. The quantitative estimate of drug-likeness (QED) is 0.230. The van der Waals surface area contributed by atoms with Gasteiger partial charge in [0, 0.05) is 29.5 Å². The van der Waals surface area contributed by atoms with E-state index >= 15 is 0 Å². The van der Waals surface area contributed by atoms with Crippen molar-refractivity contribution in [3.05, 3.63) is 59.2 Å². The SMILES string of the molecule is Cc1noc(C)c1-c1cc2oc(-c3ccc(F)cc3)c(C(=O)OC(N)=O)c2cc1OCCCO. The largest absolute Gasteiger partial charge is 0.493 e. The summed E-state index contributed by atoms with van der Waals surface area (Å²) >= 11 is 0. The number of aryl methyl sites for hydroxylation is 2. The van der Waals surface area contributed by atoms with Crippen molar-refractivity contribution in [2.24, 2.45) is 5.73 Å². The molecule has 0 bridgehead atoms. The molecule has 0 aliphatic heterocycles. The summed E-state index contributed by atoms with van der Waals surface area (Å²) in [6, 6.07) is 8.52. The number of fused-ring (bicyclic) bond motifs is 1. The zero-order valence-electron chi connectivity index (χ0n) is 18.4. The van der Waals surface area contributed by atoms with Crippen molar-refractivity contribution in [1.82, 2.24) is 5.16 Å². The molecule has 0 aliphatic carbocycles. The van der Waals surface area contributed by atoms with Crippen LogP contribution in [-0.2, 0) is 4.74 Å². The highest BCUT2D eigenvalue weighted by Crippen LogP contribution is 2.42. The van der Waals surface area contributed by atoms with Gasteiger partial charge in [-0.25, -0.2) is 14.0 Å². The molecule has 0 aliphatic rings. The number of carbonyl (C=O) groups excluding carboxylic acids is 2. The fraction of sp³-hybridized carbons (Fsp3) is 0.208. The second-order valence-electron chi connectivity index (χ2n) is 7.49. The minimum absolute atomic E-state index is 0.0680. The maximum absolute atomic E-state index is 13.5. The summed E-state index contributed by atoms with van der Waals surface area (Å²) in [6.45, 7) is 3.65. The van der Waals surface area contributed by atoms with Crippen LogP contribution in [0.4, 0.5) is 9.18 Å². The minimum atomic E-state index is -1.28. The first-order valence-corrected chi connectivity index (χ1v) is 10.3. The summed E-state index contributed by atoms with van der Waals surface area (Å²) in [5, 5.41) is 13.4. The summed E-state index contributed by atoms with van der Waals surface area (Å²) in [6.07, 6.45) is -0.904. The average Bonchev–Trinajstić information content (AvgIpc) is 3.32. The molecule has 0 saturated heterocycles. The fourth-order valence-corrected chi connectivity index (χ4v) is 3.70. The topological polar surface area (TPSA) is 138 Å². The fourth-order valence-electron chi connectivity index (χ4n) is 3.70. The number of aromatic nitrogens is 1. The molecule has 2 aromatic carbocycles. The first-order valence-electron chi connectivity index (χ1n) is 10.3. The van der Waals surface area contributed by atoms with Crippen molar-refractivity contribution in [3.8, 4) is 28.2 Å². The van der Waals surface area contributed by atoms with Gasteiger partial charge >= 0.3 is 12.1 Å². The molecule has 176 valence electrons. The van der Waals surface area contributed by atoms with Gasteiger partial charge in [-0.15, -0.1) is 0 Å². The second kappa shape index (κ2) is 9.36. The third kappa shape index (κ3) is 4.35. The molecule has 9 nitrogen and oxygen atoms in total. The smallest absolute Gasteiger partial charge is 0.412 e. The van der Waals surface area contributed by atoms with E-state index in [2.05, 4.69) is 9.89 Å². The van der Waals surface area contributed by atoms with Crippen LogP contribution in [0, 0.1) is 19.7 Å². The Morgan fingerprint density at radius 1 is 1.18 bits per heavy atom. The number of ether oxygens (including phenoxy) is 2. The summed E-state index contributed by atoms with van der Waals surface area (Å²) in [5.41, 5.74) is 7.54. The molecule has 0 atom stereocenters. The average molecular weight is 468 g/mol. The lowest BCUT2D eigenvalue weighted by molar-refractivity contribution is 0.0640. The van der Waals surface area contributed by atoms with Gasteiger partial charge in [0.25, 0.3) is 0 Å². The molecule has 0 spiro atoms. The Bertz CT molecular complexity index is 1350. The van der Waals surface area contributed by atoms with Gasteiger partial charge in [-0.3, -0.25) is 0 Å². The number of esters is 1. The Morgan fingerprint density at radius 3 is 2.53 bits per heavy atom. The molecule has 10 heteroatoms. The van der Waals surface area contributed by atoms with Crippen LogP contribution in [0.1, 0.15) is 28.2 Å². The molecular formula is C24H21FN2O7. The Kier molecular flexibility index (Phi) is 6.33. The predicted octanol–water partition coefficient (Wildman–Crippen LogP) is 4.51. The number of hydrogen-bond acceptors (Lipinski definition) is 8. The summed E-state index contributed by atoms with van der Waals surface area (Å²) in [7, 11) is 0. The number of carbonyl (C=O) groups is 2. The van der Waals surface area contributed by atoms with E-state index in [1.807, 2.05) is 0 Å². The molecule has 0 unspecified atom stereocenters. The highest BCUT2D eigenvalue weighted by atomic mass is 19.1. The normalized spacial score (nSPS) is 11.1. The lowest BCUT2D eigenvalue weighted by atomic mass is 9.99. The second-order valence-corrected chi connectivity index (χ2v) is 7.49. The first-order chi connectivity index (χ1) is 16.3. The Morgan fingerprint density at radius 2 is 1.91 bits per heavy atom. The van der Waals surface area contributed by atoms with Crippen molar-refractivity contribution in [2.75, 3.05) is 13.2 Å². The van der Waals surface area contributed by atoms with Gasteiger partial charge in [0.05, 0.1) is 17.9 Å². The first kappa shape index (κ1) is 23.0. The zero-order chi connectivity index (χ0) is 24.4. The van der Waals surface area contributed by atoms with Crippen LogP contribution in [0.15, 0.2) is 45.3 Å². The van der Waals surface area contributed by atoms with Crippen LogP contribution < -0.4 is 10.5 Å². The third-order valence-corrected chi connectivity index (χ3v) is 5.16. The number of primary amides is 1. The Labute approximate surface area is 192 Å². The van der Waals surface area contributed by atoms with Crippen molar-refractivity contribution >= 4 is 23.0 Å². The molecule has 1 amide bonds. The minimum Gasteiger partial charge on any atom is -0.493 e. The molecule has 0 fully saturated rings.